The number of hydrogen-bond acceptors (Lipinski definition) is 4. The van der Waals surface area contributed by atoms with Crippen molar-refractivity contribution in [1.82, 2.24) is 10.6 Å². The number of hydrogen-bond donors (Lipinski definition) is 2. The highest BCUT2D eigenvalue weighted by Gasteiger charge is 2.11. The summed E-state index contributed by atoms with van der Waals surface area (Å²) in [7, 11) is 0. The van der Waals surface area contributed by atoms with Crippen molar-refractivity contribution < 1.29 is 9.15 Å². The molecule has 1 aliphatic heterocycles. The second-order valence-corrected chi connectivity index (χ2v) is 3.76. The smallest absolute Gasteiger partial charge is 0.105 e. The first-order valence-corrected chi connectivity index (χ1v) is 5.49. The lowest BCUT2D eigenvalue weighted by Crippen LogP contribution is -2.47. The van der Waals surface area contributed by atoms with Gasteiger partial charge in [-0.2, -0.15) is 0 Å². The van der Waals surface area contributed by atoms with E-state index < -0.39 is 0 Å². The molecule has 2 N–H and O–H groups in total. The number of morpholine rings is 1. The van der Waals surface area contributed by atoms with Gasteiger partial charge in [-0.1, -0.05) is 0 Å². The molecule has 0 bridgehead atoms. The SMILES string of the molecule is c1coc(CCNCC2COCCN2)c1. The summed E-state index contributed by atoms with van der Waals surface area (Å²) in [4.78, 5) is 0. The lowest BCUT2D eigenvalue weighted by Gasteiger charge is -2.23. The van der Waals surface area contributed by atoms with Crippen molar-refractivity contribution in [2.75, 3.05) is 32.8 Å². The Morgan fingerprint density at radius 3 is 3.27 bits per heavy atom. The Balaban J connectivity index is 1.54. The standard InChI is InChI=1S/C11H18N2O2/c1-2-11(15-6-1)3-4-12-8-10-9-14-7-5-13-10/h1-2,6,10,12-13H,3-5,7-9H2. The van der Waals surface area contributed by atoms with E-state index in [0.717, 1.165) is 45.0 Å². The molecular weight excluding hydrogens is 192 g/mol. The molecule has 2 heterocycles. The summed E-state index contributed by atoms with van der Waals surface area (Å²) in [6, 6.07) is 4.38. The fraction of sp³-hybridized carbons (Fsp3) is 0.636. The summed E-state index contributed by atoms with van der Waals surface area (Å²) in [5.74, 6) is 1.04. The topological polar surface area (TPSA) is 46.4 Å². The first kappa shape index (κ1) is 10.7. The molecule has 0 spiro atoms. The van der Waals surface area contributed by atoms with Gasteiger partial charge in [0.1, 0.15) is 5.76 Å². The van der Waals surface area contributed by atoms with E-state index in [9.17, 15) is 0 Å². The Morgan fingerprint density at radius 1 is 1.53 bits per heavy atom. The van der Waals surface area contributed by atoms with Gasteiger partial charge in [0.15, 0.2) is 0 Å². The van der Waals surface area contributed by atoms with E-state index in [0.29, 0.717) is 6.04 Å². The maximum atomic E-state index is 5.36. The average molecular weight is 210 g/mol. The van der Waals surface area contributed by atoms with Gasteiger partial charge in [-0.05, 0) is 12.1 Å². The largest absolute Gasteiger partial charge is 0.469 e. The molecule has 1 atom stereocenters. The fourth-order valence-corrected chi connectivity index (χ4v) is 1.69. The van der Waals surface area contributed by atoms with Crippen LogP contribution < -0.4 is 10.6 Å². The third-order valence-corrected chi connectivity index (χ3v) is 2.52. The van der Waals surface area contributed by atoms with Gasteiger partial charge in [-0.3, -0.25) is 0 Å². The predicted molar refractivity (Wildman–Crippen MR) is 57.9 cm³/mol. The van der Waals surface area contributed by atoms with Gasteiger partial charge in [-0.15, -0.1) is 0 Å². The van der Waals surface area contributed by atoms with Crippen LogP contribution in [0.3, 0.4) is 0 Å². The molecule has 84 valence electrons. The van der Waals surface area contributed by atoms with Crippen LogP contribution in [0.15, 0.2) is 22.8 Å². The summed E-state index contributed by atoms with van der Waals surface area (Å²) in [6.45, 7) is 4.52. The van der Waals surface area contributed by atoms with Gasteiger partial charge >= 0.3 is 0 Å². The van der Waals surface area contributed by atoms with Crippen LogP contribution in [0.5, 0.6) is 0 Å². The predicted octanol–water partition coefficient (Wildman–Crippen LogP) is 0.400. The Morgan fingerprint density at radius 2 is 2.53 bits per heavy atom. The van der Waals surface area contributed by atoms with Gasteiger partial charge in [0.2, 0.25) is 0 Å². The molecule has 0 aromatic carbocycles. The van der Waals surface area contributed by atoms with Crippen molar-refractivity contribution in [2.45, 2.75) is 12.5 Å². The van der Waals surface area contributed by atoms with Gasteiger partial charge in [0.05, 0.1) is 19.5 Å². The molecule has 1 aromatic rings. The van der Waals surface area contributed by atoms with E-state index in [1.165, 1.54) is 0 Å². The maximum Gasteiger partial charge on any atom is 0.105 e. The Hall–Kier alpha value is -0.840. The van der Waals surface area contributed by atoms with Crippen LogP contribution in [-0.4, -0.2) is 38.9 Å². The van der Waals surface area contributed by atoms with Crippen LogP contribution in [0.25, 0.3) is 0 Å². The third-order valence-electron chi connectivity index (χ3n) is 2.52. The zero-order chi connectivity index (χ0) is 10.3. The van der Waals surface area contributed by atoms with Crippen molar-refractivity contribution in [1.29, 1.82) is 0 Å². The highest BCUT2D eigenvalue weighted by molar-refractivity contribution is 4.98. The van der Waals surface area contributed by atoms with Crippen molar-refractivity contribution in [3.05, 3.63) is 24.2 Å². The number of rotatable bonds is 5. The van der Waals surface area contributed by atoms with Gasteiger partial charge in [0, 0.05) is 32.1 Å². The summed E-state index contributed by atoms with van der Waals surface area (Å²) in [6.07, 6.45) is 2.66. The monoisotopic (exact) mass is 210 g/mol. The maximum absolute atomic E-state index is 5.36. The molecule has 4 heteroatoms. The van der Waals surface area contributed by atoms with Crippen LogP contribution >= 0.6 is 0 Å². The minimum absolute atomic E-state index is 0.454. The van der Waals surface area contributed by atoms with Gasteiger partial charge in [0.25, 0.3) is 0 Å². The van der Waals surface area contributed by atoms with E-state index in [4.69, 9.17) is 9.15 Å². The molecule has 1 aliphatic rings. The molecule has 1 unspecified atom stereocenters. The Labute approximate surface area is 90.0 Å². The third kappa shape index (κ3) is 3.66. The van der Waals surface area contributed by atoms with E-state index in [-0.39, 0.29) is 0 Å². The summed E-state index contributed by atoms with van der Waals surface area (Å²) >= 11 is 0. The van der Waals surface area contributed by atoms with E-state index >= 15 is 0 Å². The highest BCUT2D eigenvalue weighted by atomic mass is 16.5. The first-order chi connectivity index (χ1) is 7.45. The molecule has 1 aromatic heterocycles. The zero-order valence-corrected chi connectivity index (χ0v) is 8.87. The second-order valence-electron chi connectivity index (χ2n) is 3.76. The summed E-state index contributed by atoms with van der Waals surface area (Å²) in [5, 5.41) is 6.79. The molecule has 0 amide bonds. The van der Waals surface area contributed by atoms with Crippen LogP contribution in [0.4, 0.5) is 0 Å². The Kier molecular flexibility index (Phi) is 4.20. The zero-order valence-electron chi connectivity index (χ0n) is 8.87. The normalized spacial score (nSPS) is 21.7. The molecule has 1 saturated heterocycles. The van der Waals surface area contributed by atoms with Crippen molar-refractivity contribution in [3.63, 3.8) is 0 Å². The quantitative estimate of drug-likeness (QED) is 0.691. The minimum Gasteiger partial charge on any atom is -0.469 e. The van der Waals surface area contributed by atoms with Crippen LogP contribution in [0, 0.1) is 0 Å². The molecule has 1 fully saturated rings. The van der Waals surface area contributed by atoms with Crippen LogP contribution in [0.1, 0.15) is 5.76 Å². The molecule has 0 aliphatic carbocycles. The van der Waals surface area contributed by atoms with Crippen molar-refractivity contribution in [3.8, 4) is 0 Å². The summed E-state index contributed by atoms with van der Waals surface area (Å²) in [5.41, 5.74) is 0. The first-order valence-electron chi connectivity index (χ1n) is 5.49. The Bertz CT molecular complexity index is 256. The molecule has 2 rings (SSSR count). The lowest BCUT2D eigenvalue weighted by atomic mass is 10.2. The number of ether oxygens (including phenoxy) is 1. The van der Waals surface area contributed by atoms with Gasteiger partial charge < -0.3 is 19.8 Å². The van der Waals surface area contributed by atoms with Crippen molar-refractivity contribution in [2.24, 2.45) is 0 Å². The number of furan rings is 1. The fourth-order valence-electron chi connectivity index (χ4n) is 1.69. The number of nitrogens with one attached hydrogen (secondary N) is 2. The van der Waals surface area contributed by atoms with Crippen LogP contribution in [-0.2, 0) is 11.2 Å². The minimum atomic E-state index is 0.454. The van der Waals surface area contributed by atoms with Crippen molar-refractivity contribution >= 4 is 0 Å². The lowest BCUT2D eigenvalue weighted by molar-refractivity contribution is 0.0768. The van der Waals surface area contributed by atoms with Crippen LogP contribution in [0.2, 0.25) is 0 Å². The molecule has 4 nitrogen and oxygen atoms in total. The highest BCUT2D eigenvalue weighted by Crippen LogP contribution is 1.99. The molecule has 0 saturated carbocycles. The van der Waals surface area contributed by atoms with E-state index in [1.807, 2.05) is 12.1 Å². The second kappa shape index (κ2) is 5.90. The molecular formula is C11H18N2O2. The summed E-state index contributed by atoms with van der Waals surface area (Å²) < 4.78 is 10.6. The van der Waals surface area contributed by atoms with E-state index in [2.05, 4.69) is 10.6 Å². The average Bonchev–Trinajstić information content (AvgIpc) is 2.79. The van der Waals surface area contributed by atoms with E-state index in [1.54, 1.807) is 6.26 Å². The molecule has 0 radical (unpaired) electrons. The molecule has 15 heavy (non-hydrogen) atoms. The van der Waals surface area contributed by atoms with Gasteiger partial charge in [-0.25, -0.2) is 0 Å².